The van der Waals surface area contributed by atoms with Gasteiger partial charge in [-0.1, -0.05) is 6.42 Å². The molecule has 3 rings (SSSR count). The first-order valence-corrected chi connectivity index (χ1v) is 6.74. The third kappa shape index (κ3) is 2.02. The van der Waals surface area contributed by atoms with Gasteiger partial charge in [0.25, 0.3) is 0 Å². The lowest BCUT2D eigenvalue weighted by molar-refractivity contribution is -0.125. The van der Waals surface area contributed by atoms with Gasteiger partial charge in [0, 0.05) is 28.8 Å². The zero-order valence-corrected chi connectivity index (χ0v) is 11.1. The Bertz CT molecular complexity index is 619. The molecule has 4 nitrogen and oxygen atoms in total. The molecular formula is C15H19N3O. The second-order valence-corrected chi connectivity index (χ2v) is 5.65. The number of aromatic amines is 1. The van der Waals surface area contributed by atoms with Crippen LogP contribution in [-0.4, -0.2) is 16.9 Å². The van der Waals surface area contributed by atoms with Gasteiger partial charge in [-0.2, -0.15) is 0 Å². The molecule has 1 aliphatic rings. The molecule has 1 fully saturated rings. The highest BCUT2D eigenvalue weighted by Crippen LogP contribution is 2.37. The van der Waals surface area contributed by atoms with Crippen molar-refractivity contribution in [2.75, 3.05) is 5.32 Å². The summed E-state index contributed by atoms with van der Waals surface area (Å²) in [7, 11) is 0. The fraction of sp³-hybridized carbons (Fsp3) is 0.400. The average molecular weight is 257 g/mol. The summed E-state index contributed by atoms with van der Waals surface area (Å²) in [4.78, 5) is 15.6. The maximum absolute atomic E-state index is 12.4. The molecule has 4 heteroatoms. The summed E-state index contributed by atoms with van der Waals surface area (Å²) >= 11 is 0. The summed E-state index contributed by atoms with van der Waals surface area (Å²) in [6.45, 7) is 1.97. The predicted molar refractivity (Wildman–Crippen MR) is 76.9 cm³/mol. The van der Waals surface area contributed by atoms with E-state index in [1.807, 2.05) is 37.4 Å². The topological polar surface area (TPSA) is 70.9 Å². The van der Waals surface area contributed by atoms with E-state index < -0.39 is 5.41 Å². The number of carbonyl (C=O) groups is 1. The number of hydrogen-bond acceptors (Lipinski definition) is 2. The highest BCUT2D eigenvalue weighted by molar-refractivity contribution is 5.97. The molecule has 2 atom stereocenters. The molecule has 1 heterocycles. The molecule has 0 saturated heterocycles. The zero-order chi connectivity index (χ0) is 13.5. The normalized spacial score (nSPS) is 26.7. The van der Waals surface area contributed by atoms with E-state index in [1.54, 1.807) is 0 Å². The van der Waals surface area contributed by atoms with Crippen molar-refractivity contribution in [3.8, 4) is 0 Å². The molecule has 19 heavy (non-hydrogen) atoms. The van der Waals surface area contributed by atoms with Crippen molar-refractivity contribution in [1.82, 2.24) is 4.98 Å². The van der Waals surface area contributed by atoms with E-state index in [4.69, 9.17) is 5.73 Å². The summed E-state index contributed by atoms with van der Waals surface area (Å²) in [6.07, 6.45) is 4.72. The summed E-state index contributed by atoms with van der Waals surface area (Å²) in [5.41, 5.74) is 7.54. The van der Waals surface area contributed by atoms with E-state index in [0.29, 0.717) is 0 Å². The van der Waals surface area contributed by atoms with E-state index >= 15 is 0 Å². The molecule has 4 N–H and O–H groups in total. The molecule has 0 aliphatic heterocycles. The Morgan fingerprint density at radius 3 is 3.05 bits per heavy atom. The molecule has 1 saturated carbocycles. The Morgan fingerprint density at radius 1 is 1.47 bits per heavy atom. The van der Waals surface area contributed by atoms with Crippen LogP contribution in [-0.2, 0) is 4.79 Å². The van der Waals surface area contributed by atoms with Crippen molar-refractivity contribution >= 4 is 22.5 Å². The van der Waals surface area contributed by atoms with Crippen LogP contribution in [0.2, 0.25) is 0 Å². The van der Waals surface area contributed by atoms with E-state index in [0.717, 1.165) is 35.9 Å². The van der Waals surface area contributed by atoms with Crippen molar-refractivity contribution in [2.24, 2.45) is 11.1 Å². The molecule has 0 bridgehead atoms. The Labute approximate surface area is 112 Å². The number of hydrogen-bond donors (Lipinski definition) is 3. The van der Waals surface area contributed by atoms with Gasteiger partial charge in [0.05, 0.1) is 5.41 Å². The lowest BCUT2D eigenvalue weighted by atomic mass is 9.84. The SMILES string of the molecule is CC1(C(=O)Nc2ccc3[nH]ccc3c2)CCCC1N. The molecule has 1 amide bonds. The number of benzene rings is 1. The predicted octanol–water partition coefficient (Wildman–Crippen LogP) is 2.62. The summed E-state index contributed by atoms with van der Waals surface area (Å²) in [5.74, 6) is 0.0346. The number of carbonyl (C=O) groups excluding carboxylic acids is 1. The van der Waals surface area contributed by atoms with Crippen LogP contribution in [0.25, 0.3) is 10.9 Å². The van der Waals surface area contributed by atoms with E-state index in [-0.39, 0.29) is 11.9 Å². The lowest BCUT2D eigenvalue weighted by Crippen LogP contribution is -2.44. The quantitative estimate of drug-likeness (QED) is 0.774. The first-order chi connectivity index (χ1) is 9.09. The van der Waals surface area contributed by atoms with Crippen LogP contribution >= 0.6 is 0 Å². The van der Waals surface area contributed by atoms with Crippen LogP contribution in [0.4, 0.5) is 5.69 Å². The molecule has 0 spiro atoms. The van der Waals surface area contributed by atoms with E-state index in [9.17, 15) is 4.79 Å². The van der Waals surface area contributed by atoms with Crippen molar-refractivity contribution in [3.63, 3.8) is 0 Å². The number of H-pyrrole nitrogens is 1. The molecule has 1 aromatic carbocycles. The van der Waals surface area contributed by atoms with E-state index in [2.05, 4.69) is 10.3 Å². The fourth-order valence-corrected chi connectivity index (χ4v) is 2.88. The third-order valence-electron chi connectivity index (χ3n) is 4.36. The number of anilines is 1. The Balaban J connectivity index is 1.82. The Morgan fingerprint density at radius 2 is 2.32 bits per heavy atom. The van der Waals surface area contributed by atoms with Crippen LogP contribution in [0.5, 0.6) is 0 Å². The minimum absolute atomic E-state index is 0.0346. The highest BCUT2D eigenvalue weighted by Gasteiger charge is 2.42. The van der Waals surface area contributed by atoms with Crippen LogP contribution in [0, 0.1) is 5.41 Å². The minimum Gasteiger partial charge on any atom is -0.361 e. The maximum Gasteiger partial charge on any atom is 0.231 e. The van der Waals surface area contributed by atoms with Gasteiger partial charge >= 0.3 is 0 Å². The Kier molecular flexibility index (Phi) is 2.82. The third-order valence-corrected chi connectivity index (χ3v) is 4.36. The number of aromatic nitrogens is 1. The number of nitrogens with two attached hydrogens (primary N) is 1. The molecule has 1 aromatic heterocycles. The standard InChI is InChI=1S/C15H19N3O/c1-15(7-2-3-13(15)16)14(19)18-11-4-5-12-10(9-11)6-8-17-12/h4-6,8-9,13,17H,2-3,7,16H2,1H3,(H,18,19). The van der Waals surface area contributed by atoms with Crippen LogP contribution in [0.1, 0.15) is 26.2 Å². The van der Waals surface area contributed by atoms with Crippen molar-refractivity contribution < 1.29 is 4.79 Å². The highest BCUT2D eigenvalue weighted by atomic mass is 16.2. The number of fused-ring (bicyclic) bond motifs is 1. The minimum atomic E-state index is -0.437. The van der Waals surface area contributed by atoms with Crippen molar-refractivity contribution in [1.29, 1.82) is 0 Å². The van der Waals surface area contributed by atoms with Crippen molar-refractivity contribution in [2.45, 2.75) is 32.2 Å². The number of amides is 1. The number of rotatable bonds is 2. The zero-order valence-electron chi connectivity index (χ0n) is 11.1. The summed E-state index contributed by atoms with van der Waals surface area (Å²) in [6, 6.07) is 7.83. The first-order valence-electron chi connectivity index (χ1n) is 6.74. The Hall–Kier alpha value is -1.81. The van der Waals surface area contributed by atoms with E-state index in [1.165, 1.54) is 0 Å². The van der Waals surface area contributed by atoms with Gasteiger partial charge in [0.1, 0.15) is 0 Å². The summed E-state index contributed by atoms with van der Waals surface area (Å²) < 4.78 is 0. The second-order valence-electron chi connectivity index (χ2n) is 5.65. The van der Waals surface area contributed by atoms with Gasteiger partial charge in [-0.25, -0.2) is 0 Å². The van der Waals surface area contributed by atoms with Crippen LogP contribution in [0.15, 0.2) is 30.5 Å². The largest absolute Gasteiger partial charge is 0.361 e. The van der Waals surface area contributed by atoms with Crippen LogP contribution < -0.4 is 11.1 Å². The molecule has 0 radical (unpaired) electrons. The average Bonchev–Trinajstić information content (AvgIpc) is 2.97. The molecule has 2 aromatic rings. The van der Waals surface area contributed by atoms with Gasteiger partial charge in [0.2, 0.25) is 5.91 Å². The lowest BCUT2D eigenvalue weighted by Gasteiger charge is -2.27. The van der Waals surface area contributed by atoms with Crippen molar-refractivity contribution in [3.05, 3.63) is 30.5 Å². The number of nitrogens with one attached hydrogen (secondary N) is 2. The fourth-order valence-electron chi connectivity index (χ4n) is 2.88. The molecule has 1 aliphatic carbocycles. The maximum atomic E-state index is 12.4. The van der Waals surface area contributed by atoms with Gasteiger partial charge in [-0.15, -0.1) is 0 Å². The smallest absolute Gasteiger partial charge is 0.231 e. The molecule has 100 valence electrons. The molecule has 2 unspecified atom stereocenters. The molecular weight excluding hydrogens is 238 g/mol. The summed E-state index contributed by atoms with van der Waals surface area (Å²) in [5, 5.41) is 4.10. The second kappa shape index (κ2) is 4.38. The van der Waals surface area contributed by atoms with Gasteiger partial charge in [-0.3, -0.25) is 4.79 Å². The van der Waals surface area contributed by atoms with Gasteiger partial charge in [-0.05, 0) is 44.0 Å². The van der Waals surface area contributed by atoms with Gasteiger partial charge < -0.3 is 16.0 Å². The van der Waals surface area contributed by atoms with Gasteiger partial charge in [0.15, 0.2) is 0 Å². The monoisotopic (exact) mass is 257 g/mol. The first kappa shape index (κ1) is 12.2. The van der Waals surface area contributed by atoms with Crippen LogP contribution in [0.3, 0.4) is 0 Å².